The summed E-state index contributed by atoms with van der Waals surface area (Å²) in [5.41, 5.74) is 0. The SMILES string of the molecule is CCC1NCCC1N(C)C(C)C. The summed E-state index contributed by atoms with van der Waals surface area (Å²) in [5, 5.41) is 3.55. The van der Waals surface area contributed by atoms with Gasteiger partial charge in [0.05, 0.1) is 0 Å². The fourth-order valence-corrected chi connectivity index (χ4v) is 2.04. The molecule has 0 aromatic carbocycles. The van der Waals surface area contributed by atoms with Crippen LogP contribution >= 0.6 is 0 Å². The molecule has 1 saturated heterocycles. The number of hydrogen-bond acceptors (Lipinski definition) is 2. The van der Waals surface area contributed by atoms with Crippen LogP contribution in [-0.4, -0.2) is 36.6 Å². The van der Waals surface area contributed by atoms with E-state index < -0.39 is 0 Å². The summed E-state index contributed by atoms with van der Waals surface area (Å²) < 4.78 is 0. The van der Waals surface area contributed by atoms with Gasteiger partial charge in [0.1, 0.15) is 0 Å². The third-order valence-electron chi connectivity index (χ3n) is 3.09. The minimum Gasteiger partial charge on any atom is -0.312 e. The molecule has 0 aliphatic carbocycles. The Morgan fingerprint density at radius 2 is 2.17 bits per heavy atom. The van der Waals surface area contributed by atoms with Crippen molar-refractivity contribution in [2.45, 2.75) is 51.7 Å². The summed E-state index contributed by atoms with van der Waals surface area (Å²) in [5.74, 6) is 0. The zero-order valence-corrected chi connectivity index (χ0v) is 8.80. The van der Waals surface area contributed by atoms with E-state index in [1.54, 1.807) is 0 Å². The van der Waals surface area contributed by atoms with Gasteiger partial charge < -0.3 is 5.32 Å². The van der Waals surface area contributed by atoms with E-state index in [-0.39, 0.29) is 0 Å². The fourth-order valence-electron chi connectivity index (χ4n) is 2.04. The Hall–Kier alpha value is -0.0800. The third-order valence-corrected chi connectivity index (χ3v) is 3.09. The van der Waals surface area contributed by atoms with Gasteiger partial charge >= 0.3 is 0 Å². The Morgan fingerprint density at radius 1 is 1.50 bits per heavy atom. The van der Waals surface area contributed by atoms with E-state index in [9.17, 15) is 0 Å². The van der Waals surface area contributed by atoms with Crippen molar-refractivity contribution >= 4 is 0 Å². The van der Waals surface area contributed by atoms with Crippen molar-refractivity contribution in [1.82, 2.24) is 10.2 Å². The Kier molecular flexibility index (Phi) is 3.53. The van der Waals surface area contributed by atoms with E-state index >= 15 is 0 Å². The smallest absolute Gasteiger partial charge is 0.0260 e. The van der Waals surface area contributed by atoms with Gasteiger partial charge in [-0.3, -0.25) is 4.90 Å². The molecule has 1 heterocycles. The summed E-state index contributed by atoms with van der Waals surface area (Å²) in [6.07, 6.45) is 2.56. The lowest BCUT2D eigenvalue weighted by atomic mass is 10.0. The first-order chi connectivity index (χ1) is 5.66. The predicted molar refractivity (Wildman–Crippen MR) is 53.4 cm³/mol. The molecule has 1 aliphatic heterocycles. The molecule has 1 fully saturated rings. The topological polar surface area (TPSA) is 15.3 Å². The van der Waals surface area contributed by atoms with E-state index in [0.29, 0.717) is 6.04 Å². The molecule has 0 aromatic rings. The Bertz CT molecular complexity index is 134. The zero-order chi connectivity index (χ0) is 9.14. The highest BCUT2D eigenvalue weighted by Gasteiger charge is 2.29. The molecule has 2 atom stereocenters. The average Bonchev–Trinajstić information content (AvgIpc) is 2.49. The summed E-state index contributed by atoms with van der Waals surface area (Å²) in [6, 6.07) is 2.15. The van der Waals surface area contributed by atoms with Gasteiger partial charge in [-0.2, -0.15) is 0 Å². The molecular weight excluding hydrogens is 148 g/mol. The lowest BCUT2D eigenvalue weighted by molar-refractivity contribution is 0.178. The van der Waals surface area contributed by atoms with E-state index in [4.69, 9.17) is 0 Å². The highest BCUT2D eigenvalue weighted by atomic mass is 15.2. The fraction of sp³-hybridized carbons (Fsp3) is 1.00. The highest BCUT2D eigenvalue weighted by Crippen LogP contribution is 2.17. The van der Waals surface area contributed by atoms with Crippen LogP contribution in [0.15, 0.2) is 0 Å². The second-order valence-corrected chi connectivity index (χ2v) is 4.08. The molecular formula is C10H22N2. The van der Waals surface area contributed by atoms with E-state index in [2.05, 4.69) is 38.0 Å². The maximum atomic E-state index is 3.55. The maximum absolute atomic E-state index is 3.55. The van der Waals surface area contributed by atoms with Crippen LogP contribution in [0, 0.1) is 0 Å². The second kappa shape index (κ2) is 4.24. The van der Waals surface area contributed by atoms with Crippen LogP contribution < -0.4 is 5.32 Å². The van der Waals surface area contributed by atoms with Crippen LogP contribution in [0.25, 0.3) is 0 Å². The van der Waals surface area contributed by atoms with Gasteiger partial charge in [0.2, 0.25) is 0 Å². The predicted octanol–water partition coefficient (Wildman–Crippen LogP) is 1.47. The molecule has 0 aromatic heterocycles. The number of nitrogens with zero attached hydrogens (tertiary/aromatic N) is 1. The van der Waals surface area contributed by atoms with Gasteiger partial charge in [-0.05, 0) is 40.3 Å². The maximum Gasteiger partial charge on any atom is 0.0260 e. The highest BCUT2D eigenvalue weighted by molar-refractivity contribution is 4.89. The largest absolute Gasteiger partial charge is 0.312 e. The normalized spacial score (nSPS) is 30.5. The first-order valence-corrected chi connectivity index (χ1v) is 5.12. The number of hydrogen-bond donors (Lipinski definition) is 1. The monoisotopic (exact) mass is 170 g/mol. The minimum atomic E-state index is 0.670. The molecule has 1 rings (SSSR count). The Morgan fingerprint density at radius 3 is 2.67 bits per heavy atom. The minimum absolute atomic E-state index is 0.670. The molecule has 2 unspecified atom stereocenters. The lowest BCUT2D eigenvalue weighted by Crippen LogP contribution is -2.44. The number of rotatable bonds is 3. The quantitative estimate of drug-likeness (QED) is 0.690. The van der Waals surface area contributed by atoms with Crippen molar-refractivity contribution in [1.29, 1.82) is 0 Å². The molecule has 0 amide bonds. The van der Waals surface area contributed by atoms with Gasteiger partial charge in [-0.15, -0.1) is 0 Å². The van der Waals surface area contributed by atoms with Gasteiger partial charge in [-0.25, -0.2) is 0 Å². The molecule has 72 valence electrons. The van der Waals surface area contributed by atoms with Crippen LogP contribution in [-0.2, 0) is 0 Å². The van der Waals surface area contributed by atoms with Crippen LogP contribution in [0.1, 0.15) is 33.6 Å². The first kappa shape index (κ1) is 10.0. The average molecular weight is 170 g/mol. The molecule has 0 bridgehead atoms. The summed E-state index contributed by atoms with van der Waals surface area (Å²) in [4.78, 5) is 2.49. The molecule has 2 nitrogen and oxygen atoms in total. The van der Waals surface area contributed by atoms with Gasteiger partial charge in [0.15, 0.2) is 0 Å². The summed E-state index contributed by atoms with van der Waals surface area (Å²) in [6.45, 7) is 8.00. The van der Waals surface area contributed by atoms with Crippen molar-refractivity contribution < 1.29 is 0 Å². The Balaban J connectivity index is 2.49. The summed E-state index contributed by atoms with van der Waals surface area (Å²) >= 11 is 0. The van der Waals surface area contributed by atoms with Crippen LogP contribution in [0.2, 0.25) is 0 Å². The van der Waals surface area contributed by atoms with Crippen LogP contribution in [0.4, 0.5) is 0 Å². The Labute approximate surface area is 76.3 Å². The first-order valence-electron chi connectivity index (χ1n) is 5.12. The van der Waals surface area contributed by atoms with Crippen molar-refractivity contribution in [3.63, 3.8) is 0 Å². The molecule has 0 saturated carbocycles. The standard InChI is InChI=1S/C10H22N2/c1-5-9-10(6-7-11-9)12(4)8(2)3/h8-11H,5-7H2,1-4H3. The van der Waals surface area contributed by atoms with Gasteiger partial charge in [0, 0.05) is 18.1 Å². The summed E-state index contributed by atoms with van der Waals surface area (Å²) in [7, 11) is 2.24. The zero-order valence-electron chi connectivity index (χ0n) is 8.80. The van der Waals surface area contributed by atoms with E-state index in [1.807, 2.05) is 0 Å². The van der Waals surface area contributed by atoms with Gasteiger partial charge in [0.25, 0.3) is 0 Å². The molecule has 2 heteroatoms. The van der Waals surface area contributed by atoms with Crippen molar-refractivity contribution in [3.05, 3.63) is 0 Å². The van der Waals surface area contributed by atoms with Crippen LogP contribution in [0.5, 0.6) is 0 Å². The van der Waals surface area contributed by atoms with E-state index in [1.165, 1.54) is 19.4 Å². The molecule has 12 heavy (non-hydrogen) atoms. The number of likely N-dealkylation sites (N-methyl/N-ethyl adjacent to an activating group) is 1. The van der Waals surface area contributed by atoms with E-state index in [0.717, 1.165) is 12.1 Å². The molecule has 0 radical (unpaired) electrons. The third kappa shape index (κ3) is 1.99. The lowest BCUT2D eigenvalue weighted by Gasteiger charge is -2.31. The van der Waals surface area contributed by atoms with Crippen molar-refractivity contribution in [2.24, 2.45) is 0 Å². The molecule has 1 aliphatic rings. The molecule has 1 N–H and O–H groups in total. The van der Waals surface area contributed by atoms with Crippen LogP contribution in [0.3, 0.4) is 0 Å². The van der Waals surface area contributed by atoms with Crippen molar-refractivity contribution in [2.75, 3.05) is 13.6 Å². The molecule has 0 spiro atoms. The second-order valence-electron chi connectivity index (χ2n) is 4.08. The number of nitrogens with one attached hydrogen (secondary N) is 1. The van der Waals surface area contributed by atoms with Gasteiger partial charge in [-0.1, -0.05) is 6.92 Å². The van der Waals surface area contributed by atoms with Crippen molar-refractivity contribution in [3.8, 4) is 0 Å².